The molecule has 1 aromatic carbocycles. The number of anilines is 1. The first kappa shape index (κ1) is 18.5. The van der Waals surface area contributed by atoms with Crippen LogP contribution in [0.4, 0.5) is 19.0 Å². The van der Waals surface area contributed by atoms with Gasteiger partial charge in [0.2, 0.25) is 5.91 Å². The van der Waals surface area contributed by atoms with Crippen molar-refractivity contribution in [3.05, 3.63) is 57.7 Å². The fraction of sp³-hybridized carbons (Fsp3) is 0.188. The highest BCUT2D eigenvalue weighted by Crippen LogP contribution is 2.34. The Balaban J connectivity index is 2.15. The second kappa shape index (κ2) is 7.40. The monoisotopic (exact) mass is 368 g/mol. The van der Waals surface area contributed by atoms with Gasteiger partial charge in [-0.25, -0.2) is 4.98 Å². The Morgan fingerprint density at radius 3 is 2.52 bits per heavy atom. The summed E-state index contributed by atoms with van der Waals surface area (Å²) in [6.07, 6.45) is -4.73. The summed E-state index contributed by atoms with van der Waals surface area (Å²) in [5.74, 6) is -0.873. The molecule has 0 spiro atoms. The summed E-state index contributed by atoms with van der Waals surface area (Å²) in [5.41, 5.74) is 3.45. The van der Waals surface area contributed by atoms with E-state index in [1.54, 1.807) is 24.3 Å². The van der Waals surface area contributed by atoms with Crippen LogP contribution < -0.4 is 10.9 Å². The number of pyridine rings is 1. The Bertz CT molecular complexity index is 829. The molecule has 0 fully saturated rings. The number of aryl methyl sites for hydroxylation is 1. The lowest BCUT2D eigenvalue weighted by Crippen LogP contribution is -2.32. The van der Waals surface area contributed by atoms with Gasteiger partial charge in [0.25, 0.3) is 0 Å². The molecule has 0 atom stereocenters. The van der Waals surface area contributed by atoms with E-state index in [1.807, 2.05) is 0 Å². The normalized spacial score (nSPS) is 10.9. The van der Waals surface area contributed by atoms with Crippen molar-refractivity contribution in [1.82, 2.24) is 10.4 Å². The zero-order valence-electron chi connectivity index (χ0n) is 12.9. The second-order valence-electron chi connectivity index (χ2n) is 5.12. The number of nitriles is 1. The molecule has 130 valence electrons. The Labute approximate surface area is 146 Å². The predicted octanol–water partition coefficient (Wildman–Crippen LogP) is 3.62. The molecule has 0 unspecified atom stereocenters. The van der Waals surface area contributed by atoms with E-state index in [1.165, 1.54) is 13.0 Å². The molecule has 2 aromatic rings. The molecule has 1 heterocycles. The van der Waals surface area contributed by atoms with Crippen LogP contribution >= 0.6 is 11.6 Å². The fourth-order valence-electron chi connectivity index (χ4n) is 2.06. The molecule has 0 radical (unpaired) electrons. The molecule has 2 N–H and O–H groups in total. The lowest BCUT2D eigenvalue weighted by Gasteiger charge is -2.14. The van der Waals surface area contributed by atoms with E-state index < -0.39 is 23.2 Å². The zero-order valence-corrected chi connectivity index (χ0v) is 13.7. The molecule has 2 rings (SSSR count). The molecular weight excluding hydrogens is 357 g/mol. The topological polar surface area (TPSA) is 77.8 Å². The van der Waals surface area contributed by atoms with Gasteiger partial charge in [0.1, 0.15) is 11.6 Å². The number of nitrogens with one attached hydrogen (secondary N) is 2. The summed E-state index contributed by atoms with van der Waals surface area (Å²) >= 11 is 5.75. The smallest absolute Gasteiger partial charge is 0.281 e. The third-order valence-electron chi connectivity index (χ3n) is 3.16. The lowest BCUT2D eigenvalue weighted by atomic mass is 10.1. The molecule has 0 aliphatic carbocycles. The highest BCUT2D eigenvalue weighted by molar-refractivity contribution is 6.30. The van der Waals surface area contributed by atoms with Crippen LogP contribution in [0.25, 0.3) is 0 Å². The quantitative estimate of drug-likeness (QED) is 0.808. The zero-order chi connectivity index (χ0) is 18.6. The number of carbonyl (C=O) groups excluding carboxylic acids is 1. The van der Waals surface area contributed by atoms with Crippen LogP contribution in [0.1, 0.15) is 22.4 Å². The first-order valence-electron chi connectivity index (χ1n) is 6.99. The van der Waals surface area contributed by atoms with Crippen LogP contribution in [0.3, 0.4) is 0 Å². The molecule has 0 aliphatic heterocycles. The summed E-state index contributed by atoms with van der Waals surface area (Å²) in [5, 5.41) is 9.54. The predicted molar refractivity (Wildman–Crippen MR) is 85.6 cm³/mol. The lowest BCUT2D eigenvalue weighted by molar-refractivity contribution is -0.137. The van der Waals surface area contributed by atoms with Crippen LogP contribution in [-0.4, -0.2) is 10.9 Å². The Kier molecular flexibility index (Phi) is 5.49. The van der Waals surface area contributed by atoms with Gasteiger partial charge in [-0.3, -0.25) is 15.6 Å². The highest BCUT2D eigenvalue weighted by Gasteiger charge is 2.35. The summed E-state index contributed by atoms with van der Waals surface area (Å²) in [7, 11) is 0. The molecule has 0 saturated carbocycles. The van der Waals surface area contributed by atoms with Crippen molar-refractivity contribution in [2.75, 3.05) is 5.43 Å². The number of nitrogens with zero attached hydrogens (tertiary/aromatic N) is 2. The number of carbonyl (C=O) groups is 1. The number of alkyl halides is 3. The molecule has 0 bridgehead atoms. The van der Waals surface area contributed by atoms with Crippen molar-refractivity contribution < 1.29 is 18.0 Å². The van der Waals surface area contributed by atoms with Crippen LogP contribution in [-0.2, 0) is 17.4 Å². The van der Waals surface area contributed by atoms with Gasteiger partial charge in [-0.2, -0.15) is 18.4 Å². The Morgan fingerprint density at radius 2 is 1.96 bits per heavy atom. The van der Waals surface area contributed by atoms with Crippen molar-refractivity contribution in [3.8, 4) is 6.07 Å². The minimum absolute atomic E-state index is 0.0238. The molecule has 1 aromatic heterocycles. The van der Waals surface area contributed by atoms with Crippen LogP contribution in [0.15, 0.2) is 30.3 Å². The maximum absolute atomic E-state index is 13.0. The van der Waals surface area contributed by atoms with Crippen LogP contribution in [0.2, 0.25) is 5.02 Å². The Morgan fingerprint density at radius 1 is 1.32 bits per heavy atom. The number of benzene rings is 1. The number of halogens is 4. The number of amides is 1. The average molecular weight is 369 g/mol. The van der Waals surface area contributed by atoms with Gasteiger partial charge in [-0.1, -0.05) is 23.7 Å². The third kappa shape index (κ3) is 4.84. The highest BCUT2D eigenvalue weighted by atomic mass is 35.5. The van der Waals surface area contributed by atoms with Crippen molar-refractivity contribution in [2.24, 2.45) is 0 Å². The maximum Gasteiger partial charge on any atom is 0.417 e. The number of rotatable bonds is 4. The van der Waals surface area contributed by atoms with Crippen LogP contribution in [0, 0.1) is 18.3 Å². The minimum Gasteiger partial charge on any atom is -0.281 e. The van der Waals surface area contributed by atoms with Gasteiger partial charge in [0.05, 0.1) is 12.0 Å². The van der Waals surface area contributed by atoms with Crippen molar-refractivity contribution in [3.63, 3.8) is 0 Å². The first-order valence-corrected chi connectivity index (χ1v) is 7.36. The van der Waals surface area contributed by atoms with E-state index in [-0.39, 0.29) is 17.9 Å². The summed E-state index contributed by atoms with van der Waals surface area (Å²) < 4.78 is 39.0. The van der Waals surface area contributed by atoms with Gasteiger partial charge < -0.3 is 0 Å². The standard InChI is InChI=1S/C16H12ClF3N4O/c1-9-6-13(16(18,19)20)12(8-21)15(22-9)24-23-14(25)7-10-2-4-11(17)5-3-10/h2-6H,7H2,1H3,(H,22,24)(H,23,25). The van der Waals surface area contributed by atoms with Gasteiger partial charge in [0.15, 0.2) is 5.82 Å². The third-order valence-corrected chi connectivity index (χ3v) is 3.41. The number of hydrogen-bond acceptors (Lipinski definition) is 4. The molecule has 0 aliphatic rings. The van der Waals surface area contributed by atoms with Gasteiger partial charge >= 0.3 is 6.18 Å². The van der Waals surface area contributed by atoms with Gasteiger partial charge in [-0.05, 0) is 30.7 Å². The number of hydrogen-bond donors (Lipinski definition) is 2. The molecule has 25 heavy (non-hydrogen) atoms. The van der Waals surface area contributed by atoms with E-state index in [9.17, 15) is 18.0 Å². The van der Waals surface area contributed by atoms with Gasteiger partial charge in [0, 0.05) is 10.7 Å². The first-order chi connectivity index (χ1) is 11.7. The average Bonchev–Trinajstić information content (AvgIpc) is 2.53. The van der Waals surface area contributed by atoms with Crippen molar-refractivity contribution in [2.45, 2.75) is 19.5 Å². The SMILES string of the molecule is Cc1cc(C(F)(F)F)c(C#N)c(NNC(=O)Cc2ccc(Cl)cc2)n1. The van der Waals surface area contributed by atoms with E-state index >= 15 is 0 Å². The summed E-state index contributed by atoms with van der Waals surface area (Å²) in [4.78, 5) is 15.7. The number of aromatic nitrogens is 1. The number of hydrazine groups is 1. The molecule has 5 nitrogen and oxygen atoms in total. The summed E-state index contributed by atoms with van der Waals surface area (Å²) in [6, 6.07) is 8.77. The molecular formula is C16H12ClF3N4O. The summed E-state index contributed by atoms with van der Waals surface area (Å²) in [6.45, 7) is 1.36. The molecule has 0 saturated heterocycles. The largest absolute Gasteiger partial charge is 0.417 e. The van der Waals surface area contributed by atoms with E-state index in [2.05, 4.69) is 15.8 Å². The van der Waals surface area contributed by atoms with E-state index in [0.29, 0.717) is 10.6 Å². The van der Waals surface area contributed by atoms with Crippen molar-refractivity contribution >= 4 is 23.3 Å². The van der Waals surface area contributed by atoms with Crippen molar-refractivity contribution in [1.29, 1.82) is 5.26 Å². The van der Waals surface area contributed by atoms with E-state index in [4.69, 9.17) is 16.9 Å². The Hall–Kier alpha value is -2.79. The molecule has 9 heteroatoms. The minimum atomic E-state index is -4.71. The van der Waals surface area contributed by atoms with E-state index in [0.717, 1.165) is 6.07 Å². The maximum atomic E-state index is 13.0. The second-order valence-corrected chi connectivity index (χ2v) is 5.56. The van der Waals surface area contributed by atoms with Crippen LogP contribution in [0.5, 0.6) is 0 Å². The fourth-order valence-corrected chi connectivity index (χ4v) is 2.19. The van der Waals surface area contributed by atoms with Gasteiger partial charge in [-0.15, -0.1) is 0 Å². The molecule has 1 amide bonds.